The molecule has 0 radical (unpaired) electrons. The van der Waals surface area contributed by atoms with E-state index in [-0.39, 0.29) is 12.8 Å². The molecule has 2 aliphatic rings. The van der Waals surface area contributed by atoms with E-state index in [1.807, 2.05) is 30.3 Å². The molecule has 2 fully saturated rings. The van der Waals surface area contributed by atoms with E-state index in [0.717, 1.165) is 18.4 Å². The van der Waals surface area contributed by atoms with Crippen molar-refractivity contribution in [2.24, 2.45) is 5.41 Å². The zero-order chi connectivity index (χ0) is 21.7. The second-order valence-corrected chi connectivity index (χ2v) is 8.30. The van der Waals surface area contributed by atoms with Gasteiger partial charge in [0.25, 0.3) is 0 Å². The molecule has 1 saturated heterocycles. The Balaban J connectivity index is 1.83. The van der Waals surface area contributed by atoms with Gasteiger partial charge in [0.05, 0.1) is 11.8 Å². The second kappa shape index (κ2) is 9.28. The smallest absolute Gasteiger partial charge is 0.326 e. The van der Waals surface area contributed by atoms with Crippen LogP contribution in [0.25, 0.3) is 0 Å². The number of benzene rings is 1. The highest BCUT2D eigenvalue weighted by Gasteiger charge is 2.45. The van der Waals surface area contributed by atoms with E-state index in [9.17, 15) is 29.4 Å². The fourth-order valence-corrected chi connectivity index (χ4v) is 4.67. The Kier molecular flexibility index (Phi) is 6.74. The van der Waals surface area contributed by atoms with Crippen molar-refractivity contribution < 1.29 is 29.4 Å². The van der Waals surface area contributed by atoms with Gasteiger partial charge in [-0.2, -0.15) is 0 Å². The van der Waals surface area contributed by atoms with Crippen LogP contribution in [0.1, 0.15) is 50.5 Å². The van der Waals surface area contributed by atoms with Crippen molar-refractivity contribution >= 4 is 23.8 Å². The number of nitrogens with one attached hydrogen (secondary N) is 1. The van der Waals surface area contributed by atoms with Gasteiger partial charge in [0.15, 0.2) is 0 Å². The fraction of sp³-hybridized carbons (Fsp3) is 0.545. The van der Waals surface area contributed by atoms with Crippen molar-refractivity contribution in [1.29, 1.82) is 0 Å². The molecule has 0 unspecified atom stereocenters. The standard InChI is InChI=1S/C22H28N2O6/c25-18(26)14-22(10-4-5-11-22)21(30)23-16(13-15-7-2-1-3-8-15)19(27)24-12-6-9-17(24)20(28)29/h1-3,7-8,16-17H,4-6,9-14H2,(H,23,30)(H,25,26)(H,28,29)/t16-,17-/m0/s1. The first kappa shape index (κ1) is 21.8. The molecule has 1 aliphatic heterocycles. The first-order valence-electron chi connectivity index (χ1n) is 10.4. The van der Waals surface area contributed by atoms with E-state index in [2.05, 4.69) is 5.32 Å². The molecule has 8 heteroatoms. The summed E-state index contributed by atoms with van der Waals surface area (Å²) in [5.41, 5.74) is -0.181. The Bertz CT molecular complexity index is 803. The van der Waals surface area contributed by atoms with Crippen LogP contribution in [-0.2, 0) is 25.6 Å². The van der Waals surface area contributed by atoms with Crippen LogP contribution in [0.2, 0.25) is 0 Å². The minimum Gasteiger partial charge on any atom is -0.481 e. The summed E-state index contributed by atoms with van der Waals surface area (Å²) in [7, 11) is 0. The summed E-state index contributed by atoms with van der Waals surface area (Å²) < 4.78 is 0. The molecular formula is C22H28N2O6. The molecule has 1 aromatic rings. The average Bonchev–Trinajstić information content (AvgIpc) is 3.37. The first-order valence-corrected chi connectivity index (χ1v) is 10.4. The Morgan fingerprint density at radius 1 is 1.07 bits per heavy atom. The molecule has 0 spiro atoms. The van der Waals surface area contributed by atoms with E-state index >= 15 is 0 Å². The number of aliphatic carboxylic acids is 2. The van der Waals surface area contributed by atoms with Crippen LogP contribution in [-0.4, -0.2) is 57.5 Å². The van der Waals surface area contributed by atoms with Gasteiger partial charge < -0.3 is 20.4 Å². The predicted octanol–water partition coefficient (Wildman–Crippen LogP) is 1.82. The normalized spacial score (nSPS) is 21.2. The van der Waals surface area contributed by atoms with Crippen LogP contribution in [0.3, 0.4) is 0 Å². The van der Waals surface area contributed by atoms with E-state index in [1.165, 1.54) is 4.90 Å². The maximum absolute atomic E-state index is 13.3. The number of carbonyl (C=O) groups excluding carboxylic acids is 2. The highest BCUT2D eigenvalue weighted by atomic mass is 16.4. The van der Waals surface area contributed by atoms with Crippen LogP contribution < -0.4 is 5.32 Å². The summed E-state index contributed by atoms with van der Waals surface area (Å²) in [5.74, 6) is -2.95. The molecule has 1 saturated carbocycles. The third kappa shape index (κ3) is 4.80. The Morgan fingerprint density at radius 2 is 1.73 bits per heavy atom. The third-order valence-electron chi connectivity index (χ3n) is 6.24. The van der Waals surface area contributed by atoms with E-state index in [0.29, 0.717) is 32.2 Å². The highest BCUT2D eigenvalue weighted by Crippen LogP contribution is 2.41. The van der Waals surface area contributed by atoms with E-state index < -0.39 is 41.3 Å². The number of hydrogen-bond acceptors (Lipinski definition) is 4. The Morgan fingerprint density at radius 3 is 2.33 bits per heavy atom. The topological polar surface area (TPSA) is 124 Å². The lowest BCUT2D eigenvalue weighted by atomic mass is 9.81. The summed E-state index contributed by atoms with van der Waals surface area (Å²) in [6, 6.07) is 7.36. The lowest BCUT2D eigenvalue weighted by Crippen LogP contribution is -2.55. The zero-order valence-electron chi connectivity index (χ0n) is 16.9. The third-order valence-corrected chi connectivity index (χ3v) is 6.24. The predicted molar refractivity (Wildman–Crippen MR) is 108 cm³/mol. The van der Waals surface area contributed by atoms with Crippen LogP contribution >= 0.6 is 0 Å². The van der Waals surface area contributed by atoms with Gasteiger partial charge in [-0.3, -0.25) is 14.4 Å². The SMILES string of the molecule is O=C(O)CC1(C(=O)N[C@@H](Cc2ccccc2)C(=O)N2CCC[C@H]2C(=O)O)CCCC1. The van der Waals surface area contributed by atoms with Crippen molar-refractivity contribution in [3.63, 3.8) is 0 Å². The maximum atomic E-state index is 13.3. The van der Waals surface area contributed by atoms with Crippen LogP contribution in [0, 0.1) is 5.41 Å². The van der Waals surface area contributed by atoms with Gasteiger partial charge in [-0.1, -0.05) is 43.2 Å². The average molecular weight is 416 g/mol. The summed E-state index contributed by atoms with van der Waals surface area (Å²) in [5, 5.41) is 21.6. The largest absolute Gasteiger partial charge is 0.481 e. The molecular weight excluding hydrogens is 388 g/mol. The van der Waals surface area contributed by atoms with Crippen LogP contribution in [0.15, 0.2) is 30.3 Å². The number of rotatable bonds is 8. The number of likely N-dealkylation sites (tertiary alicyclic amines) is 1. The molecule has 0 aromatic heterocycles. The molecule has 1 heterocycles. The zero-order valence-corrected chi connectivity index (χ0v) is 16.9. The van der Waals surface area contributed by atoms with E-state index in [1.54, 1.807) is 0 Å². The first-order chi connectivity index (χ1) is 14.3. The second-order valence-electron chi connectivity index (χ2n) is 8.30. The molecule has 0 bridgehead atoms. The fourth-order valence-electron chi connectivity index (χ4n) is 4.67. The number of carbonyl (C=O) groups is 4. The number of amides is 2. The number of carboxylic acids is 2. The summed E-state index contributed by atoms with van der Waals surface area (Å²) in [6.45, 7) is 0.331. The van der Waals surface area contributed by atoms with E-state index in [4.69, 9.17) is 0 Å². The Labute approximate surface area is 175 Å². The van der Waals surface area contributed by atoms with Gasteiger partial charge in [0.2, 0.25) is 11.8 Å². The van der Waals surface area contributed by atoms with Gasteiger partial charge in [0.1, 0.15) is 12.1 Å². The molecule has 3 N–H and O–H groups in total. The molecule has 3 rings (SSSR count). The number of nitrogens with zero attached hydrogens (tertiary/aromatic N) is 1. The minimum atomic E-state index is -1.05. The monoisotopic (exact) mass is 416 g/mol. The molecule has 1 aromatic carbocycles. The number of carboxylic acid groups (broad SMARTS) is 2. The van der Waals surface area contributed by atoms with Crippen molar-refractivity contribution in [2.45, 2.75) is 63.5 Å². The van der Waals surface area contributed by atoms with Crippen molar-refractivity contribution in [2.75, 3.05) is 6.54 Å². The van der Waals surface area contributed by atoms with Crippen molar-refractivity contribution in [3.05, 3.63) is 35.9 Å². The molecule has 2 atom stereocenters. The molecule has 30 heavy (non-hydrogen) atoms. The lowest BCUT2D eigenvalue weighted by molar-refractivity contribution is -0.150. The van der Waals surface area contributed by atoms with Gasteiger partial charge in [-0.05, 0) is 31.2 Å². The van der Waals surface area contributed by atoms with Gasteiger partial charge in [-0.15, -0.1) is 0 Å². The summed E-state index contributed by atoms with van der Waals surface area (Å²) in [4.78, 5) is 50.7. The van der Waals surface area contributed by atoms with Crippen LogP contribution in [0.5, 0.6) is 0 Å². The molecule has 1 aliphatic carbocycles. The van der Waals surface area contributed by atoms with Crippen molar-refractivity contribution in [1.82, 2.24) is 10.2 Å². The minimum absolute atomic E-state index is 0.220. The van der Waals surface area contributed by atoms with Crippen molar-refractivity contribution in [3.8, 4) is 0 Å². The molecule has 8 nitrogen and oxygen atoms in total. The summed E-state index contributed by atoms with van der Waals surface area (Å²) in [6.07, 6.45) is 3.41. The quantitative estimate of drug-likeness (QED) is 0.594. The Hall–Kier alpha value is -2.90. The van der Waals surface area contributed by atoms with Gasteiger partial charge in [0, 0.05) is 13.0 Å². The highest BCUT2D eigenvalue weighted by molar-refractivity contribution is 5.94. The lowest BCUT2D eigenvalue weighted by Gasteiger charge is -2.31. The van der Waals surface area contributed by atoms with Crippen LogP contribution in [0.4, 0.5) is 0 Å². The molecule has 2 amide bonds. The maximum Gasteiger partial charge on any atom is 0.326 e. The van der Waals surface area contributed by atoms with Gasteiger partial charge in [-0.25, -0.2) is 4.79 Å². The summed E-state index contributed by atoms with van der Waals surface area (Å²) >= 11 is 0. The number of hydrogen-bond donors (Lipinski definition) is 3. The molecule has 162 valence electrons. The van der Waals surface area contributed by atoms with Gasteiger partial charge >= 0.3 is 11.9 Å².